The number of amides is 3. The minimum Gasteiger partial charge on any atom is -0.468 e. The van der Waals surface area contributed by atoms with Gasteiger partial charge in [0.05, 0.1) is 7.11 Å². The third-order valence-electron chi connectivity index (χ3n) is 6.49. The molecule has 0 aliphatic heterocycles. The van der Waals surface area contributed by atoms with Crippen LogP contribution in [-0.4, -0.2) is 60.6 Å². The molecule has 0 heterocycles. The summed E-state index contributed by atoms with van der Waals surface area (Å²) in [6.45, 7) is 15.3. The lowest BCUT2D eigenvalue weighted by Crippen LogP contribution is -2.54. The van der Waals surface area contributed by atoms with E-state index in [-0.39, 0.29) is 18.4 Å². The molecule has 1 aromatic rings. The van der Waals surface area contributed by atoms with Gasteiger partial charge in [-0.05, 0) is 58.9 Å². The highest BCUT2D eigenvalue weighted by molar-refractivity contribution is 5.93. The molecule has 0 aliphatic rings. The number of rotatable bonds is 16. The van der Waals surface area contributed by atoms with Gasteiger partial charge in [0.2, 0.25) is 11.8 Å². The summed E-state index contributed by atoms with van der Waals surface area (Å²) in [5, 5.41) is 5.43. The van der Waals surface area contributed by atoms with Crippen LogP contribution >= 0.6 is 0 Å². The van der Waals surface area contributed by atoms with Crippen LogP contribution in [0.3, 0.4) is 0 Å². The Bertz CT molecular complexity index is 981. The van der Waals surface area contributed by atoms with Crippen LogP contribution < -0.4 is 10.6 Å². The zero-order valence-corrected chi connectivity index (χ0v) is 26.7. The normalized spacial score (nSPS) is 12.8. The van der Waals surface area contributed by atoms with Crippen molar-refractivity contribution in [3.63, 3.8) is 0 Å². The quantitative estimate of drug-likeness (QED) is 0.191. The van der Waals surface area contributed by atoms with Gasteiger partial charge in [-0.25, -0.2) is 4.79 Å². The summed E-state index contributed by atoms with van der Waals surface area (Å²) in [4.78, 5) is 54.3. The monoisotopic (exact) mass is 575 g/mol. The molecule has 41 heavy (non-hydrogen) atoms. The molecule has 1 rings (SSSR count). The fraction of sp³-hybridized carbons (Fsp3) is 0.688. The summed E-state index contributed by atoms with van der Waals surface area (Å²) in [7, 11) is 1.25. The Labute approximate surface area is 247 Å². The maximum absolute atomic E-state index is 14.3. The minimum atomic E-state index is -1.00. The van der Waals surface area contributed by atoms with E-state index in [0.29, 0.717) is 24.9 Å². The summed E-state index contributed by atoms with van der Waals surface area (Å²) in [6, 6.07) is 3.87. The fourth-order valence-electron chi connectivity index (χ4n) is 4.74. The standard InChI is InChI=1S/C32H53N3O6/c1-10-11-12-13-14-15-16-35(30(38)26(17-22(2)3)34-31(39)41-32(6,7)8)28(29(37)33-21-27(36)40-9)25-19-23(4)18-24(5)20-25/h18-20,22,26,28H,10-17,21H2,1-9H3,(H,33,37)(H,34,39). The Balaban J connectivity index is 3.52. The lowest BCUT2D eigenvalue weighted by molar-refractivity contribution is -0.145. The molecule has 1 aromatic carbocycles. The molecule has 232 valence electrons. The number of unbranched alkanes of at least 4 members (excludes halogenated alkanes) is 5. The Morgan fingerprint density at radius 2 is 1.51 bits per heavy atom. The molecule has 0 saturated carbocycles. The Kier molecular flexibility index (Phi) is 15.5. The van der Waals surface area contributed by atoms with E-state index in [0.717, 1.165) is 43.2 Å². The number of nitrogens with zero attached hydrogens (tertiary/aromatic N) is 1. The van der Waals surface area contributed by atoms with Gasteiger partial charge in [0.15, 0.2) is 0 Å². The molecule has 0 aromatic heterocycles. The van der Waals surface area contributed by atoms with E-state index in [1.807, 2.05) is 45.9 Å². The first-order chi connectivity index (χ1) is 19.2. The Hall–Kier alpha value is -3.10. The van der Waals surface area contributed by atoms with Crippen molar-refractivity contribution in [2.75, 3.05) is 20.2 Å². The first kappa shape index (κ1) is 35.9. The summed E-state index contributed by atoms with van der Waals surface area (Å²) >= 11 is 0. The number of aryl methyl sites for hydroxylation is 2. The topological polar surface area (TPSA) is 114 Å². The van der Waals surface area contributed by atoms with Gasteiger partial charge in [-0.1, -0.05) is 82.2 Å². The molecule has 0 radical (unpaired) electrons. The van der Waals surface area contributed by atoms with Gasteiger partial charge in [-0.3, -0.25) is 14.4 Å². The SMILES string of the molecule is CCCCCCCCN(C(=O)C(CC(C)C)NC(=O)OC(C)(C)C)C(C(=O)NCC(=O)OC)c1cc(C)cc(C)c1. The molecule has 2 unspecified atom stereocenters. The molecular weight excluding hydrogens is 522 g/mol. The average molecular weight is 576 g/mol. The second kappa shape index (κ2) is 17.7. The smallest absolute Gasteiger partial charge is 0.408 e. The third-order valence-corrected chi connectivity index (χ3v) is 6.49. The van der Waals surface area contributed by atoms with Crippen LogP contribution in [0.4, 0.5) is 4.79 Å². The van der Waals surface area contributed by atoms with Gasteiger partial charge < -0.3 is 25.0 Å². The predicted molar refractivity (Wildman–Crippen MR) is 161 cm³/mol. The van der Waals surface area contributed by atoms with Crippen molar-refractivity contribution in [2.45, 2.75) is 118 Å². The predicted octanol–water partition coefficient (Wildman–Crippen LogP) is 5.76. The van der Waals surface area contributed by atoms with Gasteiger partial charge >= 0.3 is 12.1 Å². The highest BCUT2D eigenvalue weighted by Gasteiger charge is 2.36. The number of ether oxygens (including phenoxy) is 2. The molecule has 0 bridgehead atoms. The van der Waals surface area contributed by atoms with Crippen LogP contribution in [0.15, 0.2) is 18.2 Å². The number of methoxy groups -OCH3 is 1. The van der Waals surface area contributed by atoms with Crippen molar-refractivity contribution in [3.8, 4) is 0 Å². The maximum Gasteiger partial charge on any atom is 0.408 e. The number of alkyl carbamates (subject to hydrolysis) is 1. The first-order valence-corrected chi connectivity index (χ1v) is 14.9. The number of esters is 1. The average Bonchev–Trinajstić information content (AvgIpc) is 2.85. The second-order valence-corrected chi connectivity index (χ2v) is 12.2. The molecule has 9 heteroatoms. The van der Waals surface area contributed by atoms with E-state index in [2.05, 4.69) is 17.6 Å². The van der Waals surface area contributed by atoms with Crippen LogP contribution in [0.1, 0.15) is 109 Å². The highest BCUT2D eigenvalue weighted by atomic mass is 16.6. The highest BCUT2D eigenvalue weighted by Crippen LogP contribution is 2.27. The van der Waals surface area contributed by atoms with E-state index in [4.69, 9.17) is 9.47 Å². The molecule has 3 amide bonds. The van der Waals surface area contributed by atoms with Crippen molar-refractivity contribution in [1.29, 1.82) is 0 Å². The summed E-state index contributed by atoms with van der Waals surface area (Å²) in [6.07, 6.45) is 5.71. The van der Waals surface area contributed by atoms with Gasteiger partial charge in [0.25, 0.3) is 0 Å². The zero-order chi connectivity index (χ0) is 31.2. The van der Waals surface area contributed by atoms with E-state index in [1.54, 1.807) is 25.7 Å². The minimum absolute atomic E-state index is 0.0857. The molecule has 0 aliphatic carbocycles. The third kappa shape index (κ3) is 13.9. The zero-order valence-electron chi connectivity index (χ0n) is 26.7. The van der Waals surface area contributed by atoms with Crippen LogP contribution in [0, 0.1) is 19.8 Å². The van der Waals surface area contributed by atoms with Crippen LogP contribution in [0.5, 0.6) is 0 Å². The Morgan fingerprint density at radius 3 is 2.05 bits per heavy atom. The van der Waals surface area contributed by atoms with Crippen molar-refractivity contribution < 1.29 is 28.7 Å². The molecule has 9 nitrogen and oxygen atoms in total. The lowest BCUT2D eigenvalue weighted by atomic mass is 9.96. The van der Waals surface area contributed by atoms with Crippen LogP contribution in [-0.2, 0) is 23.9 Å². The molecule has 0 spiro atoms. The molecule has 2 atom stereocenters. The van der Waals surface area contributed by atoms with Crippen LogP contribution in [0.25, 0.3) is 0 Å². The number of hydrogen-bond acceptors (Lipinski definition) is 6. The largest absolute Gasteiger partial charge is 0.468 e. The van der Waals surface area contributed by atoms with Gasteiger partial charge in [0, 0.05) is 6.54 Å². The summed E-state index contributed by atoms with van der Waals surface area (Å²) in [5.74, 6) is -1.35. The maximum atomic E-state index is 14.3. The van der Waals surface area contributed by atoms with E-state index in [1.165, 1.54) is 7.11 Å². The number of nitrogens with one attached hydrogen (secondary N) is 2. The van der Waals surface area contributed by atoms with Gasteiger partial charge in [-0.15, -0.1) is 0 Å². The number of carbonyl (C=O) groups excluding carboxylic acids is 4. The van der Waals surface area contributed by atoms with E-state index in [9.17, 15) is 19.2 Å². The number of carbonyl (C=O) groups is 4. The van der Waals surface area contributed by atoms with Crippen molar-refractivity contribution in [1.82, 2.24) is 15.5 Å². The fourth-order valence-corrected chi connectivity index (χ4v) is 4.74. The molecule has 0 saturated heterocycles. The van der Waals surface area contributed by atoms with Gasteiger partial charge in [-0.2, -0.15) is 0 Å². The summed E-state index contributed by atoms with van der Waals surface area (Å²) in [5.41, 5.74) is 1.81. The molecular formula is C32H53N3O6. The number of benzene rings is 1. The van der Waals surface area contributed by atoms with E-state index >= 15 is 0 Å². The first-order valence-electron chi connectivity index (χ1n) is 14.9. The molecule has 2 N–H and O–H groups in total. The Morgan fingerprint density at radius 1 is 0.927 bits per heavy atom. The summed E-state index contributed by atoms with van der Waals surface area (Å²) < 4.78 is 10.2. The van der Waals surface area contributed by atoms with Crippen molar-refractivity contribution in [2.24, 2.45) is 5.92 Å². The van der Waals surface area contributed by atoms with Gasteiger partial charge in [0.1, 0.15) is 24.2 Å². The van der Waals surface area contributed by atoms with E-state index < -0.39 is 35.7 Å². The molecule has 0 fully saturated rings. The lowest BCUT2D eigenvalue weighted by Gasteiger charge is -2.35. The van der Waals surface area contributed by atoms with Crippen LogP contribution in [0.2, 0.25) is 0 Å². The second-order valence-electron chi connectivity index (χ2n) is 12.2. The van der Waals surface area contributed by atoms with Crippen molar-refractivity contribution in [3.05, 3.63) is 34.9 Å². The number of hydrogen-bond donors (Lipinski definition) is 2. The van der Waals surface area contributed by atoms with Crippen molar-refractivity contribution >= 4 is 23.9 Å².